The normalized spacial score (nSPS) is 10.3. The highest BCUT2D eigenvalue weighted by molar-refractivity contribution is 6.31. The van der Waals surface area contributed by atoms with Gasteiger partial charge in [0.1, 0.15) is 17.3 Å². The number of hydrogen-bond donors (Lipinski definition) is 2. The minimum absolute atomic E-state index is 0.219. The minimum Gasteiger partial charge on any atom is -0.494 e. The average Bonchev–Trinajstić information content (AvgIpc) is 2.67. The molecule has 0 aliphatic heterocycles. The third-order valence-corrected chi connectivity index (χ3v) is 4.16. The molecule has 0 fully saturated rings. The van der Waals surface area contributed by atoms with E-state index in [0.717, 1.165) is 17.0 Å². The largest absolute Gasteiger partial charge is 0.494 e. The van der Waals surface area contributed by atoms with Crippen molar-refractivity contribution in [2.75, 3.05) is 17.2 Å². The summed E-state index contributed by atoms with van der Waals surface area (Å²) in [6, 6.07) is 12.8. The molecule has 0 bridgehead atoms. The molecule has 0 aliphatic rings. The van der Waals surface area contributed by atoms with E-state index in [9.17, 15) is 4.79 Å². The molecule has 0 spiro atoms. The van der Waals surface area contributed by atoms with Crippen LogP contribution < -0.4 is 15.4 Å². The van der Waals surface area contributed by atoms with Gasteiger partial charge >= 0.3 is 0 Å². The lowest BCUT2D eigenvalue weighted by atomic mass is 10.2. The molecule has 0 saturated carbocycles. The van der Waals surface area contributed by atoms with E-state index in [-0.39, 0.29) is 11.6 Å². The fraction of sp³-hybridized carbons (Fsp3) is 0.150. The molecule has 0 atom stereocenters. The first-order valence-corrected chi connectivity index (χ1v) is 8.82. The Morgan fingerprint density at radius 2 is 1.81 bits per heavy atom. The smallest absolute Gasteiger partial charge is 0.275 e. The molecule has 0 saturated heterocycles. The zero-order chi connectivity index (χ0) is 19.2. The number of nitrogens with zero attached hydrogens (tertiary/aromatic N) is 2. The van der Waals surface area contributed by atoms with Crippen molar-refractivity contribution in [1.82, 2.24) is 9.97 Å². The molecular weight excluding hydrogens is 364 g/mol. The minimum atomic E-state index is -0.336. The highest BCUT2D eigenvalue weighted by atomic mass is 35.5. The van der Waals surface area contributed by atoms with Crippen molar-refractivity contribution in [2.24, 2.45) is 0 Å². The topological polar surface area (TPSA) is 76.1 Å². The van der Waals surface area contributed by atoms with Crippen molar-refractivity contribution in [3.8, 4) is 5.75 Å². The van der Waals surface area contributed by atoms with Gasteiger partial charge in [-0.1, -0.05) is 17.7 Å². The lowest BCUT2D eigenvalue weighted by Crippen LogP contribution is -2.14. The van der Waals surface area contributed by atoms with Crippen molar-refractivity contribution < 1.29 is 9.53 Å². The van der Waals surface area contributed by atoms with Crippen molar-refractivity contribution in [1.29, 1.82) is 0 Å². The molecule has 1 aromatic heterocycles. The maximum Gasteiger partial charge on any atom is 0.275 e. The number of rotatable bonds is 6. The number of anilines is 3. The van der Waals surface area contributed by atoms with Crippen molar-refractivity contribution in [3.63, 3.8) is 0 Å². The molecule has 1 amide bonds. The van der Waals surface area contributed by atoms with Gasteiger partial charge in [-0.3, -0.25) is 4.79 Å². The second-order valence-electron chi connectivity index (χ2n) is 5.79. The van der Waals surface area contributed by atoms with Crippen molar-refractivity contribution >= 4 is 34.7 Å². The summed E-state index contributed by atoms with van der Waals surface area (Å²) in [6.45, 7) is 4.44. The summed E-state index contributed by atoms with van der Waals surface area (Å²) in [5, 5.41) is 6.54. The maximum atomic E-state index is 12.3. The van der Waals surface area contributed by atoms with Gasteiger partial charge < -0.3 is 15.4 Å². The molecule has 3 aromatic rings. The molecule has 0 radical (unpaired) electrons. The monoisotopic (exact) mass is 382 g/mol. The molecular formula is C20H19ClN4O2. The number of amides is 1. The van der Waals surface area contributed by atoms with Gasteiger partial charge in [-0.05, 0) is 55.8 Å². The van der Waals surface area contributed by atoms with Gasteiger partial charge in [-0.15, -0.1) is 0 Å². The van der Waals surface area contributed by atoms with Crippen molar-refractivity contribution in [2.45, 2.75) is 13.8 Å². The number of benzene rings is 2. The Balaban J connectivity index is 1.63. The summed E-state index contributed by atoms with van der Waals surface area (Å²) >= 11 is 6.11. The number of aryl methyl sites for hydroxylation is 1. The standard InChI is InChI=1S/C20H19ClN4O2/c1-3-27-16-8-6-14(7-9-16)25-20(26)18-11-23-19(12-22-18)24-15-5-4-13(2)17(21)10-15/h4-12H,3H2,1-2H3,(H,23,24)(H,25,26). The Bertz CT molecular complexity index is 928. The quantitative estimate of drug-likeness (QED) is 0.638. The predicted molar refractivity (Wildman–Crippen MR) is 107 cm³/mol. The molecule has 2 N–H and O–H groups in total. The summed E-state index contributed by atoms with van der Waals surface area (Å²) in [4.78, 5) is 20.7. The number of aromatic nitrogens is 2. The molecule has 27 heavy (non-hydrogen) atoms. The van der Waals surface area contributed by atoms with Gasteiger partial charge in [0, 0.05) is 16.4 Å². The number of ether oxygens (including phenoxy) is 1. The Morgan fingerprint density at radius 3 is 2.44 bits per heavy atom. The summed E-state index contributed by atoms with van der Waals surface area (Å²) < 4.78 is 5.38. The molecule has 1 heterocycles. The van der Waals surface area contributed by atoms with Gasteiger partial charge in [0.15, 0.2) is 0 Å². The SMILES string of the molecule is CCOc1ccc(NC(=O)c2cnc(Nc3ccc(C)c(Cl)c3)cn2)cc1. The molecule has 7 heteroatoms. The average molecular weight is 383 g/mol. The summed E-state index contributed by atoms with van der Waals surface area (Å²) in [6.07, 6.45) is 2.92. The predicted octanol–water partition coefficient (Wildman–Crippen LogP) is 4.83. The molecule has 3 rings (SSSR count). The van der Waals surface area contributed by atoms with Crippen LogP contribution in [0.15, 0.2) is 54.9 Å². The Labute approximate surface area is 162 Å². The fourth-order valence-electron chi connectivity index (χ4n) is 2.32. The van der Waals surface area contributed by atoms with Crippen LogP contribution in [0.5, 0.6) is 5.75 Å². The highest BCUT2D eigenvalue weighted by Crippen LogP contribution is 2.22. The number of hydrogen-bond acceptors (Lipinski definition) is 5. The third-order valence-electron chi connectivity index (χ3n) is 3.75. The number of carbonyl (C=O) groups excluding carboxylic acids is 1. The van der Waals surface area contributed by atoms with Crippen LogP contribution in [0.4, 0.5) is 17.2 Å². The van der Waals surface area contributed by atoms with Gasteiger partial charge in [0.2, 0.25) is 0 Å². The van der Waals surface area contributed by atoms with Crippen LogP contribution >= 0.6 is 11.6 Å². The first kappa shape index (κ1) is 18.7. The van der Waals surface area contributed by atoms with E-state index < -0.39 is 0 Å². The van der Waals surface area contributed by atoms with E-state index in [1.54, 1.807) is 24.3 Å². The highest BCUT2D eigenvalue weighted by Gasteiger charge is 2.09. The lowest BCUT2D eigenvalue weighted by molar-refractivity contribution is 0.102. The molecule has 2 aromatic carbocycles. The van der Waals surface area contributed by atoms with Crippen LogP contribution in [-0.4, -0.2) is 22.5 Å². The summed E-state index contributed by atoms with van der Waals surface area (Å²) in [7, 11) is 0. The summed E-state index contributed by atoms with van der Waals surface area (Å²) in [5.41, 5.74) is 2.67. The number of carbonyl (C=O) groups is 1. The van der Waals surface area contributed by atoms with Gasteiger partial charge in [0.25, 0.3) is 5.91 Å². The fourth-order valence-corrected chi connectivity index (χ4v) is 2.51. The van der Waals surface area contributed by atoms with Crippen LogP contribution in [0.1, 0.15) is 23.0 Å². The zero-order valence-electron chi connectivity index (χ0n) is 15.0. The Kier molecular flexibility index (Phi) is 5.88. The first-order valence-electron chi connectivity index (χ1n) is 8.44. The second kappa shape index (κ2) is 8.51. The molecule has 6 nitrogen and oxygen atoms in total. The van der Waals surface area contributed by atoms with Crippen LogP contribution in [0.3, 0.4) is 0 Å². The van der Waals surface area contributed by atoms with E-state index in [1.807, 2.05) is 32.0 Å². The van der Waals surface area contributed by atoms with Gasteiger partial charge in [-0.2, -0.15) is 0 Å². The zero-order valence-corrected chi connectivity index (χ0v) is 15.7. The van der Waals surface area contributed by atoms with Crippen LogP contribution in [0.25, 0.3) is 0 Å². The number of halogens is 1. The van der Waals surface area contributed by atoms with Gasteiger partial charge in [-0.25, -0.2) is 9.97 Å². The lowest BCUT2D eigenvalue weighted by Gasteiger charge is -2.08. The number of nitrogens with one attached hydrogen (secondary N) is 2. The van der Waals surface area contributed by atoms with E-state index >= 15 is 0 Å². The van der Waals surface area contributed by atoms with Gasteiger partial charge in [0.05, 0.1) is 19.0 Å². The summed E-state index contributed by atoms with van der Waals surface area (Å²) in [5.74, 6) is 0.936. The van der Waals surface area contributed by atoms with Crippen LogP contribution in [-0.2, 0) is 0 Å². The van der Waals surface area contributed by atoms with Crippen molar-refractivity contribution in [3.05, 3.63) is 71.1 Å². The van der Waals surface area contributed by atoms with E-state index in [0.29, 0.717) is 23.1 Å². The third kappa shape index (κ3) is 4.95. The molecule has 0 unspecified atom stereocenters. The Hall–Kier alpha value is -3.12. The Morgan fingerprint density at radius 1 is 1.07 bits per heavy atom. The first-order chi connectivity index (χ1) is 13.0. The van der Waals surface area contributed by atoms with E-state index in [2.05, 4.69) is 20.6 Å². The maximum absolute atomic E-state index is 12.3. The van der Waals surface area contributed by atoms with Crippen LogP contribution in [0, 0.1) is 6.92 Å². The second-order valence-corrected chi connectivity index (χ2v) is 6.19. The molecule has 0 aliphatic carbocycles. The van der Waals surface area contributed by atoms with E-state index in [4.69, 9.17) is 16.3 Å². The van der Waals surface area contributed by atoms with Crippen LogP contribution in [0.2, 0.25) is 5.02 Å². The molecule has 138 valence electrons. The van der Waals surface area contributed by atoms with E-state index in [1.165, 1.54) is 12.4 Å².